The van der Waals surface area contributed by atoms with Crippen molar-refractivity contribution in [1.29, 1.82) is 0 Å². The maximum atomic E-state index is 13.4. The van der Waals surface area contributed by atoms with Gasteiger partial charge in [0.1, 0.15) is 6.61 Å². The standard InChI is InChI=1S/C15H14F2N2O2/c16-12-2-1-3-13(17)15(12)21-9-11-6-4-10(5-7-11)8-14(20)19-18/h1-7H,8-9,18H2,(H,19,20). The summed E-state index contributed by atoms with van der Waals surface area (Å²) < 4.78 is 31.9. The normalized spacial score (nSPS) is 10.2. The number of nitrogens with two attached hydrogens (primary N) is 1. The summed E-state index contributed by atoms with van der Waals surface area (Å²) in [5.41, 5.74) is 3.55. The number of carbonyl (C=O) groups is 1. The molecule has 4 nitrogen and oxygen atoms in total. The minimum Gasteiger partial charge on any atom is -0.483 e. The van der Waals surface area contributed by atoms with E-state index in [4.69, 9.17) is 10.6 Å². The van der Waals surface area contributed by atoms with Gasteiger partial charge < -0.3 is 4.74 Å². The average molecular weight is 292 g/mol. The van der Waals surface area contributed by atoms with Crippen LogP contribution in [-0.2, 0) is 17.8 Å². The van der Waals surface area contributed by atoms with Crippen LogP contribution in [0.4, 0.5) is 8.78 Å². The highest BCUT2D eigenvalue weighted by molar-refractivity contribution is 5.77. The van der Waals surface area contributed by atoms with Gasteiger partial charge in [0.2, 0.25) is 5.91 Å². The van der Waals surface area contributed by atoms with E-state index in [2.05, 4.69) is 0 Å². The molecule has 3 N–H and O–H groups in total. The van der Waals surface area contributed by atoms with Gasteiger partial charge >= 0.3 is 0 Å². The third kappa shape index (κ3) is 4.00. The van der Waals surface area contributed by atoms with Crippen LogP contribution in [0.1, 0.15) is 11.1 Å². The first-order valence-corrected chi connectivity index (χ1v) is 6.24. The molecule has 2 aromatic carbocycles. The minimum absolute atomic E-state index is 0.0290. The first-order valence-electron chi connectivity index (χ1n) is 6.24. The summed E-state index contributed by atoms with van der Waals surface area (Å²) in [6, 6.07) is 10.4. The molecule has 110 valence electrons. The number of ether oxygens (including phenoxy) is 1. The Morgan fingerprint density at radius 3 is 2.19 bits per heavy atom. The predicted molar refractivity (Wildman–Crippen MR) is 73.2 cm³/mol. The van der Waals surface area contributed by atoms with Gasteiger partial charge in [0.05, 0.1) is 6.42 Å². The summed E-state index contributed by atoms with van der Waals surface area (Å²) in [4.78, 5) is 11.1. The summed E-state index contributed by atoms with van der Waals surface area (Å²) >= 11 is 0. The van der Waals surface area contributed by atoms with E-state index in [0.717, 1.165) is 23.3 Å². The quantitative estimate of drug-likeness (QED) is 0.504. The molecule has 0 bridgehead atoms. The van der Waals surface area contributed by atoms with Crippen molar-refractivity contribution in [2.45, 2.75) is 13.0 Å². The zero-order valence-electron chi connectivity index (χ0n) is 11.1. The summed E-state index contributed by atoms with van der Waals surface area (Å²) in [6.45, 7) is 0.0290. The molecule has 0 aliphatic heterocycles. The van der Waals surface area contributed by atoms with Crippen LogP contribution < -0.4 is 16.0 Å². The molecule has 0 spiro atoms. The Labute approximate surface area is 120 Å². The monoisotopic (exact) mass is 292 g/mol. The molecule has 0 aliphatic carbocycles. The highest BCUT2D eigenvalue weighted by atomic mass is 19.1. The van der Waals surface area contributed by atoms with Crippen LogP contribution in [0.2, 0.25) is 0 Å². The molecule has 0 radical (unpaired) electrons. The van der Waals surface area contributed by atoms with Crippen molar-refractivity contribution >= 4 is 5.91 Å². The van der Waals surface area contributed by atoms with E-state index in [9.17, 15) is 13.6 Å². The van der Waals surface area contributed by atoms with Crippen molar-refractivity contribution < 1.29 is 18.3 Å². The van der Waals surface area contributed by atoms with E-state index in [1.807, 2.05) is 5.43 Å². The number of benzene rings is 2. The van der Waals surface area contributed by atoms with E-state index in [1.165, 1.54) is 6.07 Å². The van der Waals surface area contributed by atoms with Crippen molar-refractivity contribution in [2.75, 3.05) is 0 Å². The van der Waals surface area contributed by atoms with Gasteiger partial charge in [-0.15, -0.1) is 0 Å². The summed E-state index contributed by atoms with van der Waals surface area (Å²) in [5, 5.41) is 0. The number of halogens is 2. The second-order valence-electron chi connectivity index (χ2n) is 4.40. The van der Waals surface area contributed by atoms with Crippen LogP contribution >= 0.6 is 0 Å². The molecule has 0 saturated heterocycles. The number of amides is 1. The minimum atomic E-state index is -0.744. The number of para-hydroxylation sites is 1. The van der Waals surface area contributed by atoms with E-state index in [1.54, 1.807) is 24.3 Å². The smallest absolute Gasteiger partial charge is 0.238 e. The van der Waals surface area contributed by atoms with Gasteiger partial charge in [-0.3, -0.25) is 10.2 Å². The highest BCUT2D eigenvalue weighted by Crippen LogP contribution is 2.22. The van der Waals surface area contributed by atoms with Gasteiger partial charge in [-0.1, -0.05) is 30.3 Å². The molecule has 0 saturated carbocycles. The van der Waals surface area contributed by atoms with Crippen LogP contribution in [0.3, 0.4) is 0 Å². The number of hydrogen-bond acceptors (Lipinski definition) is 3. The molecule has 0 aliphatic rings. The molecular formula is C15H14F2N2O2. The fourth-order valence-corrected chi connectivity index (χ4v) is 1.77. The SMILES string of the molecule is NNC(=O)Cc1ccc(COc2c(F)cccc2F)cc1. The third-order valence-electron chi connectivity index (χ3n) is 2.85. The lowest BCUT2D eigenvalue weighted by Crippen LogP contribution is -2.31. The van der Waals surface area contributed by atoms with Gasteiger partial charge in [-0.2, -0.15) is 0 Å². The Hall–Kier alpha value is -2.47. The Morgan fingerprint density at radius 1 is 1.05 bits per heavy atom. The molecule has 2 rings (SSSR count). The molecule has 0 aromatic heterocycles. The van der Waals surface area contributed by atoms with Gasteiger partial charge in [-0.25, -0.2) is 14.6 Å². The van der Waals surface area contributed by atoms with Gasteiger partial charge in [0, 0.05) is 0 Å². The highest BCUT2D eigenvalue weighted by Gasteiger charge is 2.09. The van der Waals surface area contributed by atoms with Crippen LogP contribution in [0.5, 0.6) is 5.75 Å². The number of hydrazine groups is 1. The largest absolute Gasteiger partial charge is 0.483 e. The predicted octanol–water partition coefficient (Wildman–Crippen LogP) is 2.08. The summed E-state index contributed by atoms with van der Waals surface area (Å²) in [7, 11) is 0. The molecular weight excluding hydrogens is 278 g/mol. The van der Waals surface area contributed by atoms with Crippen molar-refractivity contribution in [2.24, 2.45) is 5.84 Å². The first kappa shape index (κ1) is 14.9. The molecule has 0 unspecified atom stereocenters. The molecule has 2 aromatic rings. The Bertz CT molecular complexity index is 610. The van der Waals surface area contributed by atoms with Gasteiger partial charge in [0.15, 0.2) is 17.4 Å². The lowest BCUT2D eigenvalue weighted by Gasteiger charge is -2.08. The molecule has 21 heavy (non-hydrogen) atoms. The third-order valence-corrected chi connectivity index (χ3v) is 2.85. The van der Waals surface area contributed by atoms with Crippen molar-refractivity contribution in [1.82, 2.24) is 5.43 Å². The Kier molecular flexibility index (Phi) is 4.84. The van der Waals surface area contributed by atoms with Crippen LogP contribution in [0, 0.1) is 11.6 Å². The zero-order chi connectivity index (χ0) is 15.2. The van der Waals surface area contributed by atoms with Gasteiger partial charge in [0.25, 0.3) is 0 Å². The fraction of sp³-hybridized carbons (Fsp3) is 0.133. The number of nitrogens with one attached hydrogen (secondary N) is 1. The molecule has 1 amide bonds. The van der Waals surface area contributed by atoms with Crippen molar-refractivity contribution in [3.05, 3.63) is 65.2 Å². The fourth-order valence-electron chi connectivity index (χ4n) is 1.77. The summed E-state index contributed by atoms with van der Waals surface area (Å²) in [6.07, 6.45) is 0.166. The molecule has 0 fully saturated rings. The first-order chi connectivity index (χ1) is 10.1. The second-order valence-corrected chi connectivity index (χ2v) is 4.40. The lowest BCUT2D eigenvalue weighted by atomic mass is 10.1. The van der Waals surface area contributed by atoms with Crippen LogP contribution in [-0.4, -0.2) is 5.91 Å². The maximum absolute atomic E-state index is 13.4. The Balaban J connectivity index is 1.99. The van der Waals surface area contributed by atoms with Crippen LogP contribution in [0.15, 0.2) is 42.5 Å². The lowest BCUT2D eigenvalue weighted by molar-refractivity contribution is -0.120. The van der Waals surface area contributed by atoms with E-state index in [-0.39, 0.29) is 18.9 Å². The zero-order valence-corrected chi connectivity index (χ0v) is 11.1. The van der Waals surface area contributed by atoms with Crippen molar-refractivity contribution in [3.8, 4) is 5.75 Å². The molecule has 0 heterocycles. The number of carbonyl (C=O) groups excluding carboxylic acids is 1. The number of hydrogen-bond donors (Lipinski definition) is 2. The average Bonchev–Trinajstić information content (AvgIpc) is 2.48. The van der Waals surface area contributed by atoms with Crippen molar-refractivity contribution in [3.63, 3.8) is 0 Å². The van der Waals surface area contributed by atoms with Crippen LogP contribution in [0.25, 0.3) is 0 Å². The van der Waals surface area contributed by atoms with E-state index < -0.39 is 17.4 Å². The topological polar surface area (TPSA) is 64.3 Å². The van der Waals surface area contributed by atoms with E-state index in [0.29, 0.717) is 0 Å². The summed E-state index contributed by atoms with van der Waals surface area (Å²) in [5.74, 6) is 2.81. The second kappa shape index (κ2) is 6.81. The Morgan fingerprint density at radius 2 is 1.62 bits per heavy atom. The van der Waals surface area contributed by atoms with E-state index >= 15 is 0 Å². The molecule has 0 atom stereocenters. The number of rotatable bonds is 5. The maximum Gasteiger partial charge on any atom is 0.238 e. The van der Waals surface area contributed by atoms with Gasteiger partial charge in [-0.05, 0) is 23.3 Å². The molecule has 6 heteroatoms.